The highest BCUT2D eigenvalue weighted by Gasteiger charge is 2.17. The molecule has 0 aromatic carbocycles. The number of hydrogen-bond donors (Lipinski definition) is 2. The summed E-state index contributed by atoms with van der Waals surface area (Å²) in [6, 6.07) is 3.38. The second-order valence-corrected chi connectivity index (χ2v) is 7.10. The molecule has 2 rings (SSSR count). The summed E-state index contributed by atoms with van der Waals surface area (Å²) in [7, 11) is -1.75. The molecule has 9 heteroatoms. The molecule has 2 aromatic rings. The summed E-state index contributed by atoms with van der Waals surface area (Å²) in [5.41, 5.74) is 5.44. The topological polar surface area (TPSA) is 103 Å². The lowest BCUT2D eigenvalue weighted by atomic mass is 10.3. The van der Waals surface area contributed by atoms with Crippen molar-refractivity contribution in [1.82, 2.24) is 19.5 Å². The van der Waals surface area contributed by atoms with Crippen LogP contribution in [0.2, 0.25) is 0 Å². The van der Waals surface area contributed by atoms with E-state index in [4.69, 9.17) is 5.73 Å². The molecule has 0 bridgehead atoms. The summed E-state index contributed by atoms with van der Waals surface area (Å²) in [5.74, 6) is 0.558. The van der Waals surface area contributed by atoms with Gasteiger partial charge in [0.15, 0.2) is 0 Å². The Balaban J connectivity index is 2.07. The first-order valence-electron chi connectivity index (χ1n) is 5.64. The Hall–Kier alpha value is -1.29. The molecule has 0 spiro atoms. The van der Waals surface area contributed by atoms with Crippen LogP contribution >= 0.6 is 11.3 Å². The Bertz CT molecular complexity index is 646. The second kappa shape index (κ2) is 5.78. The van der Waals surface area contributed by atoms with E-state index in [9.17, 15) is 8.42 Å². The highest BCUT2D eigenvalue weighted by Crippen LogP contribution is 2.21. The molecule has 0 saturated heterocycles. The largest absolute Gasteiger partial charge is 0.330 e. The van der Waals surface area contributed by atoms with Crippen LogP contribution in [-0.2, 0) is 30.0 Å². The van der Waals surface area contributed by atoms with E-state index < -0.39 is 10.0 Å². The van der Waals surface area contributed by atoms with Gasteiger partial charge in [0, 0.05) is 11.9 Å². The van der Waals surface area contributed by atoms with Crippen molar-refractivity contribution < 1.29 is 8.42 Å². The third-order valence-electron chi connectivity index (χ3n) is 2.52. The Morgan fingerprint density at radius 2 is 2.26 bits per heavy atom. The monoisotopic (exact) mass is 301 g/mol. The van der Waals surface area contributed by atoms with E-state index in [1.807, 2.05) is 0 Å². The highest BCUT2D eigenvalue weighted by molar-refractivity contribution is 7.91. The minimum absolute atomic E-state index is 0.114. The fourth-order valence-corrected chi connectivity index (χ4v) is 3.87. The molecular weight excluding hydrogens is 286 g/mol. The molecule has 0 atom stereocenters. The SMILES string of the molecule is Cn1cnnc1CNS(=O)(=O)c1ccc(CCN)s1. The normalized spacial score (nSPS) is 11.9. The molecule has 0 unspecified atom stereocenters. The molecule has 0 fully saturated rings. The average molecular weight is 301 g/mol. The van der Waals surface area contributed by atoms with E-state index in [0.717, 1.165) is 4.88 Å². The second-order valence-electron chi connectivity index (χ2n) is 3.94. The fourth-order valence-electron chi connectivity index (χ4n) is 1.48. The summed E-state index contributed by atoms with van der Waals surface area (Å²) in [4.78, 5) is 0.960. The molecule has 7 nitrogen and oxygen atoms in total. The number of sulfonamides is 1. The van der Waals surface area contributed by atoms with Gasteiger partial charge in [-0.1, -0.05) is 0 Å². The Kier molecular flexibility index (Phi) is 4.30. The number of aryl methyl sites for hydroxylation is 1. The van der Waals surface area contributed by atoms with E-state index in [-0.39, 0.29) is 10.8 Å². The Morgan fingerprint density at radius 3 is 2.89 bits per heavy atom. The van der Waals surface area contributed by atoms with Gasteiger partial charge in [0.05, 0.1) is 6.54 Å². The average Bonchev–Trinajstić information content (AvgIpc) is 2.97. The van der Waals surface area contributed by atoms with E-state index in [1.54, 1.807) is 23.7 Å². The quantitative estimate of drug-likeness (QED) is 0.773. The first-order valence-corrected chi connectivity index (χ1v) is 7.94. The smallest absolute Gasteiger partial charge is 0.250 e. The van der Waals surface area contributed by atoms with Crippen molar-refractivity contribution in [3.8, 4) is 0 Å². The highest BCUT2D eigenvalue weighted by atomic mass is 32.2. The lowest BCUT2D eigenvalue weighted by Gasteiger charge is -2.03. The lowest BCUT2D eigenvalue weighted by Crippen LogP contribution is -2.24. The number of aromatic nitrogens is 3. The van der Waals surface area contributed by atoms with Gasteiger partial charge in [-0.2, -0.15) is 0 Å². The van der Waals surface area contributed by atoms with Crippen LogP contribution < -0.4 is 10.5 Å². The van der Waals surface area contributed by atoms with E-state index >= 15 is 0 Å². The van der Waals surface area contributed by atoms with Crippen molar-refractivity contribution in [2.45, 2.75) is 17.2 Å². The molecule has 2 heterocycles. The molecule has 3 N–H and O–H groups in total. The van der Waals surface area contributed by atoms with Gasteiger partial charge in [0.2, 0.25) is 10.0 Å². The van der Waals surface area contributed by atoms with E-state index in [1.165, 1.54) is 17.7 Å². The van der Waals surface area contributed by atoms with Gasteiger partial charge in [0.25, 0.3) is 0 Å². The maximum atomic E-state index is 12.1. The fraction of sp³-hybridized carbons (Fsp3) is 0.400. The Labute approximate surface area is 115 Å². The van der Waals surface area contributed by atoms with E-state index in [2.05, 4.69) is 14.9 Å². The molecule has 0 aliphatic carbocycles. The lowest BCUT2D eigenvalue weighted by molar-refractivity contribution is 0.579. The van der Waals surface area contributed by atoms with Crippen LogP contribution in [0.1, 0.15) is 10.7 Å². The van der Waals surface area contributed by atoms with Crippen LogP contribution in [0.4, 0.5) is 0 Å². The van der Waals surface area contributed by atoms with Crippen molar-refractivity contribution in [2.24, 2.45) is 12.8 Å². The van der Waals surface area contributed by atoms with Crippen LogP contribution in [0.25, 0.3) is 0 Å². The summed E-state index contributed by atoms with van der Waals surface area (Å²) in [6.45, 7) is 0.620. The van der Waals surface area contributed by atoms with Gasteiger partial charge < -0.3 is 10.3 Å². The van der Waals surface area contributed by atoms with Gasteiger partial charge >= 0.3 is 0 Å². The molecule has 0 saturated carbocycles. The molecule has 104 valence electrons. The van der Waals surface area contributed by atoms with Crippen molar-refractivity contribution in [3.63, 3.8) is 0 Å². The number of nitrogens with two attached hydrogens (primary N) is 1. The van der Waals surface area contributed by atoms with Crippen LogP contribution in [0, 0.1) is 0 Å². The van der Waals surface area contributed by atoms with Crippen molar-refractivity contribution >= 4 is 21.4 Å². The minimum atomic E-state index is -3.50. The van der Waals surface area contributed by atoms with Crippen LogP contribution in [-0.4, -0.2) is 29.7 Å². The molecule has 0 radical (unpaired) electrons. The maximum Gasteiger partial charge on any atom is 0.250 e. The van der Waals surface area contributed by atoms with Crippen LogP contribution in [0.15, 0.2) is 22.7 Å². The molecule has 0 amide bonds. The molecule has 2 aromatic heterocycles. The summed E-state index contributed by atoms with van der Waals surface area (Å²) in [6.07, 6.45) is 2.21. The van der Waals surface area contributed by atoms with Crippen LogP contribution in [0.3, 0.4) is 0 Å². The predicted octanol–water partition coefficient (Wildman–Crippen LogP) is -0.144. The first-order chi connectivity index (χ1) is 9.03. The minimum Gasteiger partial charge on any atom is -0.330 e. The van der Waals surface area contributed by atoms with E-state index in [0.29, 0.717) is 18.8 Å². The zero-order chi connectivity index (χ0) is 13.9. The molecule has 0 aliphatic rings. The number of thiophene rings is 1. The van der Waals surface area contributed by atoms with Crippen molar-refractivity contribution in [1.29, 1.82) is 0 Å². The predicted molar refractivity (Wildman–Crippen MR) is 72.1 cm³/mol. The maximum absolute atomic E-state index is 12.1. The zero-order valence-corrected chi connectivity index (χ0v) is 12.0. The Morgan fingerprint density at radius 1 is 1.47 bits per heavy atom. The number of hydrogen-bond acceptors (Lipinski definition) is 6. The summed E-state index contributed by atoms with van der Waals surface area (Å²) >= 11 is 1.23. The van der Waals surface area contributed by atoms with Gasteiger partial charge in [0.1, 0.15) is 16.4 Å². The van der Waals surface area contributed by atoms with Crippen molar-refractivity contribution in [3.05, 3.63) is 29.2 Å². The molecule has 0 aliphatic heterocycles. The zero-order valence-electron chi connectivity index (χ0n) is 10.4. The first kappa shape index (κ1) is 14.1. The van der Waals surface area contributed by atoms with Gasteiger partial charge in [-0.15, -0.1) is 21.5 Å². The molecular formula is C10H15N5O2S2. The van der Waals surface area contributed by atoms with Gasteiger partial charge in [-0.05, 0) is 25.1 Å². The standard InChI is InChI=1S/C10H15N5O2S2/c1-15-7-12-14-9(15)6-13-19(16,17)10-3-2-8(18-10)4-5-11/h2-3,7,13H,4-6,11H2,1H3. The third kappa shape index (κ3) is 3.38. The van der Waals surface area contributed by atoms with Crippen molar-refractivity contribution in [2.75, 3.05) is 6.54 Å². The summed E-state index contributed by atoms with van der Waals surface area (Å²) < 4.78 is 28.6. The summed E-state index contributed by atoms with van der Waals surface area (Å²) in [5, 5.41) is 7.51. The third-order valence-corrected chi connectivity index (χ3v) is 5.56. The number of rotatable bonds is 6. The number of nitrogens with zero attached hydrogens (tertiary/aromatic N) is 3. The van der Waals surface area contributed by atoms with Crippen LogP contribution in [0.5, 0.6) is 0 Å². The van der Waals surface area contributed by atoms with Gasteiger partial charge in [-0.25, -0.2) is 13.1 Å². The number of nitrogens with one attached hydrogen (secondary N) is 1. The molecule has 19 heavy (non-hydrogen) atoms. The van der Waals surface area contributed by atoms with Gasteiger partial charge in [-0.3, -0.25) is 0 Å².